The van der Waals surface area contributed by atoms with Crippen LogP contribution in [0.5, 0.6) is 0 Å². The lowest BCUT2D eigenvalue weighted by atomic mass is 10.4. The van der Waals surface area contributed by atoms with Gasteiger partial charge in [0.15, 0.2) is 0 Å². The first kappa shape index (κ1) is 17.8. The number of thiazole rings is 1. The smallest absolute Gasteiger partial charge is 0.304 e. The molecule has 0 aliphatic heterocycles. The van der Waals surface area contributed by atoms with E-state index < -0.39 is 20.0 Å². The lowest BCUT2D eigenvalue weighted by molar-refractivity contribution is 0.520. The third kappa shape index (κ3) is 4.06. The molecule has 0 fully saturated rings. The maximum Gasteiger partial charge on any atom is 0.304 e. The predicted molar refractivity (Wildman–Crippen MR) is 86.3 cm³/mol. The van der Waals surface area contributed by atoms with Gasteiger partial charge in [-0.1, -0.05) is 11.3 Å². The van der Waals surface area contributed by atoms with Crippen LogP contribution in [0.3, 0.4) is 0 Å². The van der Waals surface area contributed by atoms with Gasteiger partial charge in [-0.3, -0.25) is 4.79 Å². The Kier molecular flexibility index (Phi) is 5.06. The van der Waals surface area contributed by atoms with Gasteiger partial charge in [0, 0.05) is 25.2 Å². The SMILES string of the molecule is CN(C)S(=O)(=O)c1ccc(S(=O)(=O)NCc2csc(=O)[nH]2)cc1. The second-order valence-electron chi connectivity index (χ2n) is 4.76. The number of sulfonamides is 2. The zero-order valence-corrected chi connectivity index (χ0v) is 14.8. The molecule has 0 atom stereocenters. The predicted octanol–water partition coefficient (Wildman–Crippen LogP) is 0.165. The molecule has 1 aromatic carbocycles. The van der Waals surface area contributed by atoms with Crippen molar-refractivity contribution in [2.24, 2.45) is 0 Å². The van der Waals surface area contributed by atoms with E-state index in [0.29, 0.717) is 5.69 Å². The molecule has 0 radical (unpaired) electrons. The van der Waals surface area contributed by atoms with E-state index in [-0.39, 0.29) is 21.2 Å². The van der Waals surface area contributed by atoms with Crippen molar-refractivity contribution in [3.63, 3.8) is 0 Å². The summed E-state index contributed by atoms with van der Waals surface area (Å²) in [7, 11) is -4.64. The maximum absolute atomic E-state index is 12.1. The van der Waals surface area contributed by atoms with Crippen LogP contribution < -0.4 is 9.60 Å². The molecule has 1 aromatic heterocycles. The third-order valence-corrected chi connectivity index (χ3v) is 6.90. The number of nitrogens with one attached hydrogen (secondary N) is 2. The zero-order chi connectivity index (χ0) is 17.3. The molecule has 0 aliphatic rings. The number of rotatable bonds is 6. The van der Waals surface area contributed by atoms with E-state index in [9.17, 15) is 21.6 Å². The lowest BCUT2D eigenvalue weighted by Gasteiger charge is -2.12. The molecule has 0 amide bonds. The van der Waals surface area contributed by atoms with Gasteiger partial charge in [0.2, 0.25) is 20.0 Å². The Morgan fingerprint density at radius 2 is 1.65 bits per heavy atom. The van der Waals surface area contributed by atoms with Crippen LogP contribution in [-0.2, 0) is 26.6 Å². The average molecular weight is 377 g/mol. The van der Waals surface area contributed by atoms with Crippen molar-refractivity contribution in [1.82, 2.24) is 14.0 Å². The van der Waals surface area contributed by atoms with Crippen molar-refractivity contribution >= 4 is 31.4 Å². The van der Waals surface area contributed by atoms with Gasteiger partial charge in [0.05, 0.1) is 16.3 Å². The summed E-state index contributed by atoms with van der Waals surface area (Å²) in [5.41, 5.74) is 0.454. The van der Waals surface area contributed by atoms with E-state index in [2.05, 4.69) is 9.71 Å². The Bertz CT molecular complexity index is 940. The van der Waals surface area contributed by atoms with Gasteiger partial charge in [-0.15, -0.1) is 0 Å². The molecule has 2 N–H and O–H groups in total. The minimum absolute atomic E-state index is 0.00335. The van der Waals surface area contributed by atoms with E-state index in [4.69, 9.17) is 0 Å². The third-order valence-electron chi connectivity index (χ3n) is 2.94. The van der Waals surface area contributed by atoms with Crippen LogP contribution in [0, 0.1) is 0 Å². The van der Waals surface area contributed by atoms with Crippen LogP contribution in [-0.4, -0.2) is 40.2 Å². The fourth-order valence-corrected chi connectivity index (χ4v) is 4.15. The molecule has 2 aromatic rings. The summed E-state index contributed by atoms with van der Waals surface area (Å²) < 4.78 is 51.5. The molecular formula is C12H15N3O5S3. The van der Waals surface area contributed by atoms with E-state index in [1.54, 1.807) is 0 Å². The Morgan fingerprint density at radius 1 is 1.09 bits per heavy atom. The number of benzene rings is 1. The fourth-order valence-electron chi connectivity index (χ4n) is 1.66. The normalized spacial score (nSPS) is 12.7. The molecule has 0 saturated carbocycles. The van der Waals surface area contributed by atoms with Crippen LogP contribution in [0.4, 0.5) is 0 Å². The molecule has 1 heterocycles. The summed E-state index contributed by atoms with van der Waals surface area (Å²) in [4.78, 5) is 13.2. The molecule has 0 unspecified atom stereocenters. The summed E-state index contributed by atoms with van der Waals surface area (Å²) >= 11 is 0.941. The van der Waals surface area contributed by atoms with Crippen LogP contribution in [0.25, 0.3) is 0 Å². The van der Waals surface area contributed by atoms with Crippen molar-refractivity contribution < 1.29 is 16.8 Å². The lowest BCUT2D eigenvalue weighted by Crippen LogP contribution is -2.24. The van der Waals surface area contributed by atoms with Crippen molar-refractivity contribution in [3.8, 4) is 0 Å². The second-order valence-corrected chi connectivity index (χ2v) is 9.52. The van der Waals surface area contributed by atoms with Gasteiger partial charge in [0.25, 0.3) is 0 Å². The van der Waals surface area contributed by atoms with Gasteiger partial charge in [-0.05, 0) is 24.3 Å². The first-order valence-corrected chi connectivity index (χ1v) is 10.1. The Hall–Kier alpha value is -1.53. The maximum atomic E-state index is 12.1. The van der Waals surface area contributed by atoms with Gasteiger partial charge in [-0.2, -0.15) is 0 Å². The van der Waals surface area contributed by atoms with Crippen molar-refractivity contribution in [2.45, 2.75) is 16.3 Å². The summed E-state index contributed by atoms with van der Waals surface area (Å²) in [6, 6.07) is 4.90. The highest BCUT2D eigenvalue weighted by Gasteiger charge is 2.19. The summed E-state index contributed by atoms with van der Waals surface area (Å²) in [5, 5.41) is 1.53. The van der Waals surface area contributed by atoms with Crippen molar-refractivity contribution in [1.29, 1.82) is 0 Å². The largest absolute Gasteiger partial charge is 0.315 e. The molecule has 0 aliphatic carbocycles. The van der Waals surface area contributed by atoms with Gasteiger partial charge >= 0.3 is 4.87 Å². The first-order valence-electron chi connectivity index (χ1n) is 6.32. The highest BCUT2D eigenvalue weighted by molar-refractivity contribution is 7.89. The highest BCUT2D eigenvalue weighted by atomic mass is 32.2. The Balaban J connectivity index is 2.19. The van der Waals surface area contributed by atoms with E-state index >= 15 is 0 Å². The van der Waals surface area contributed by atoms with E-state index in [1.165, 1.54) is 43.7 Å². The Labute approximate surface area is 137 Å². The van der Waals surface area contributed by atoms with Gasteiger partial charge in [-0.25, -0.2) is 25.9 Å². The van der Waals surface area contributed by atoms with Crippen LogP contribution in [0.15, 0.2) is 44.2 Å². The standard InChI is InChI=1S/C12H15N3O5S3/c1-15(2)23(19,20)11-5-3-10(4-6-11)22(17,18)13-7-9-8-21-12(16)14-9/h3-6,8,13H,7H2,1-2H3,(H,14,16). The number of aromatic nitrogens is 1. The fraction of sp³-hybridized carbons (Fsp3) is 0.250. The number of hydrogen-bond acceptors (Lipinski definition) is 6. The quantitative estimate of drug-likeness (QED) is 0.744. The van der Waals surface area contributed by atoms with Crippen LogP contribution >= 0.6 is 11.3 Å². The second kappa shape index (κ2) is 6.53. The summed E-state index contributed by atoms with van der Waals surface area (Å²) in [6.45, 7) is -0.0567. The molecule has 0 spiro atoms. The van der Waals surface area contributed by atoms with E-state index in [0.717, 1.165) is 15.6 Å². The summed E-state index contributed by atoms with van der Waals surface area (Å²) in [5.74, 6) is 0. The topological polar surface area (TPSA) is 116 Å². The monoisotopic (exact) mass is 377 g/mol. The molecule has 126 valence electrons. The van der Waals surface area contributed by atoms with Crippen molar-refractivity contribution in [3.05, 3.63) is 45.0 Å². The zero-order valence-electron chi connectivity index (χ0n) is 12.3. The van der Waals surface area contributed by atoms with E-state index in [1.807, 2.05) is 0 Å². The van der Waals surface area contributed by atoms with Crippen molar-refractivity contribution in [2.75, 3.05) is 14.1 Å². The molecular weight excluding hydrogens is 362 g/mol. The van der Waals surface area contributed by atoms with Crippen LogP contribution in [0.2, 0.25) is 0 Å². The molecule has 0 bridgehead atoms. The average Bonchev–Trinajstić information content (AvgIpc) is 2.91. The van der Waals surface area contributed by atoms with Gasteiger partial charge < -0.3 is 4.98 Å². The summed E-state index contributed by atoms with van der Waals surface area (Å²) in [6.07, 6.45) is 0. The molecule has 2 rings (SSSR count). The number of hydrogen-bond donors (Lipinski definition) is 2. The number of aromatic amines is 1. The molecule has 8 nitrogen and oxygen atoms in total. The molecule has 0 saturated heterocycles. The molecule has 11 heteroatoms. The minimum atomic E-state index is -3.81. The van der Waals surface area contributed by atoms with Crippen LogP contribution in [0.1, 0.15) is 5.69 Å². The highest BCUT2D eigenvalue weighted by Crippen LogP contribution is 2.16. The molecule has 23 heavy (non-hydrogen) atoms. The minimum Gasteiger partial charge on any atom is -0.315 e. The number of H-pyrrole nitrogens is 1. The first-order chi connectivity index (χ1) is 10.6. The Morgan fingerprint density at radius 3 is 2.13 bits per heavy atom. The number of nitrogens with zero attached hydrogens (tertiary/aromatic N) is 1. The van der Waals surface area contributed by atoms with Gasteiger partial charge in [0.1, 0.15) is 0 Å².